The van der Waals surface area contributed by atoms with E-state index < -0.39 is 33.4 Å². The molecule has 0 saturated carbocycles. The van der Waals surface area contributed by atoms with Crippen LogP contribution in [0, 0.1) is 0 Å². The number of alkyl halides is 2. The molecular formula is C17H18F2N4O4S. The van der Waals surface area contributed by atoms with Crippen molar-refractivity contribution in [1.82, 2.24) is 19.3 Å². The van der Waals surface area contributed by atoms with E-state index in [4.69, 9.17) is 0 Å². The number of rotatable bonds is 5. The molecule has 0 aliphatic carbocycles. The maximum atomic E-state index is 13.7. The Labute approximate surface area is 158 Å². The van der Waals surface area contributed by atoms with Gasteiger partial charge in [-0.25, -0.2) is 26.6 Å². The van der Waals surface area contributed by atoms with Crippen molar-refractivity contribution >= 4 is 20.7 Å². The highest BCUT2D eigenvalue weighted by molar-refractivity contribution is 7.89. The van der Waals surface area contributed by atoms with Crippen molar-refractivity contribution < 1.29 is 17.2 Å². The van der Waals surface area contributed by atoms with Crippen LogP contribution in [0.2, 0.25) is 0 Å². The van der Waals surface area contributed by atoms with Crippen molar-refractivity contribution in [2.45, 2.75) is 32.2 Å². The zero-order chi connectivity index (χ0) is 20.8. The van der Waals surface area contributed by atoms with Gasteiger partial charge in [0, 0.05) is 29.6 Å². The molecule has 11 heteroatoms. The van der Waals surface area contributed by atoms with Gasteiger partial charge in [0.1, 0.15) is 5.88 Å². The monoisotopic (exact) mass is 412 g/mol. The number of nitrogens with zero attached hydrogens (tertiary/aromatic N) is 3. The minimum atomic E-state index is -3.67. The van der Waals surface area contributed by atoms with Crippen LogP contribution in [0.3, 0.4) is 0 Å². The van der Waals surface area contributed by atoms with Crippen molar-refractivity contribution in [1.29, 1.82) is 0 Å². The van der Waals surface area contributed by atoms with E-state index >= 15 is 0 Å². The number of aromatic amines is 1. The number of halogens is 2. The third-order valence-electron chi connectivity index (χ3n) is 4.19. The SMILES string of the molecule is CC(C)n1nccc1-c1cc2c(=O)n(CS(C)(=O)=O)c(=O)[nH]c2cc1C(F)F. The lowest BCUT2D eigenvalue weighted by atomic mass is 10.0. The normalized spacial score (nSPS) is 12.4. The Kier molecular flexibility index (Phi) is 4.96. The molecule has 0 radical (unpaired) electrons. The van der Waals surface area contributed by atoms with E-state index in [0.29, 0.717) is 10.3 Å². The van der Waals surface area contributed by atoms with Crippen LogP contribution in [-0.2, 0) is 15.7 Å². The maximum Gasteiger partial charge on any atom is 0.329 e. The smallest absolute Gasteiger partial charge is 0.307 e. The molecule has 0 unspecified atom stereocenters. The minimum Gasteiger partial charge on any atom is -0.307 e. The highest BCUT2D eigenvalue weighted by atomic mass is 32.2. The molecule has 3 rings (SSSR count). The van der Waals surface area contributed by atoms with Crippen LogP contribution in [-0.4, -0.2) is 34.0 Å². The summed E-state index contributed by atoms with van der Waals surface area (Å²) in [5.74, 6) is -0.813. The van der Waals surface area contributed by atoms with E-state index in [-0.39, 0.29) is 28.1 Å². The standard InChI is InChI=1S/C17H18F2N4O4S/c1-9(2)23-14(4-5-20-23)10-6-12-13(7-11(10)15(18)19)21-17(25)22(16(12)24)8-28(3,26)27/h4-7,9,15H,8H2,1-3H3,(H,21,25). The first-order chi connectivity index (χ1) is 13.0. The first kappa shape index (κ1) is 19.9. The maximum absolute atomic E-state index is 13.7. The molecule has 28 heavy (non-hydrogen) atoms. The Morgan fingerprint density at radius 3 is 2.46 bits per heavy atom. The van der Waals surface area contributed by atoms with E-state index in [1.54, 1.807) is 6.07 Å². The lowest BCUT2D eigenvalue weighted by Gasteiger charge is -2.15. The molecule has 0 atom stereocenters. The van der Waals surface area contributed by atoms with E-state index in [2.05, 4.69) is 10.1 Å². The number of H-pyrrole nitrogens is 1. The number of sulfone groups is 1. The zero-order valence-corrected chi connectivity index (χ0v) is 16.1. The van der Waals surface area contributed by atoms with Crippen LogP contribution in [0.1, 0.15) is 31.9 Å². The molecule has 2 heterocycles. The molecule has 0 spiro atoms. The molecule has 1 aromatic carbocycles. The average Bonchev–Trinajstić information content (AvgIpc) is 3.06. The lowest BCUT2D eigenvalue weighted by molar-refractivity contribution is 0.152. The van der Waals surface area contributed by atoms with Crippen molar-refractivity contribution in [2.24, 2.45) is 0 Å². The third-order valence-corrected chi connectivity index (χ3v) is 4.91. The van der Waals surface area contributed by atoms with Crippen molar-refractivity contribution in [3.63, 3.8) is 0 Å². The number of aromatic nitrogens is 4. The van der Waals surface area contributed by atoms with E-state index in [1.165, 1.54) is 16.9 Å². The molecule has 0 fully saturated rings. The van der Waals surface area contributed by atoms with Gasteiger partial charge in [-0.05, 0) is 32.0 Å². The predicted molar refractivity (Wildman–Crippen MR) is 100 cm³/mol. The quantitative estimate of drug-likeness (QED) is 0.690. The van der Waals surface area contributed by atoms with Gasteiger partial charge >= 0.3 is 5.69 Å². The largest absolute Gasteiger partial charge is 0.329 e. The summed E-state index contributed by atoms with van der Waals surface area (Å²) < 4.78 is 52.5. The highest BCUT2D eigenvalue weighted by Crippen LogP contribution is 2.34. The van der Waals surface area contributed by atoms with Gasteiger partial charge in [-0.2, -0.15) is 5.10 Å². The van der Waals surface area contributed by atoms with Crippen LogP contribution in [0.25, 0.3) is 22.2 Å². The lowest BCUT2D eigenvalue weighted by Crippen LogP contribution is -2.37. The topological polar surface area (TPSA) is 107 Å². The summed E-state index contributed by atoms with van der Waals surface area (Å²) in [4.78, 5) is 27.1. The molecule has 0 saturated heterocycles. The Balaban J connectivity index is 2.38. The molecule has 0 amide bonds. The number of hydrogen-bond acceptors (Lipinski definition) is 5. The Hall–Kier alpha value is -2.82. The summed E-state index contributed by atoms with van der Waals surface area (Å²) in [6.07, 6.45) is -0.518. The molecule has 0 bridgehead atoms. The first-order valence-corrected chi connectivity index (χ1v) is 10.4. The third kappa shape index (κ3) is 3.61. The summed E-state index contributed by atoms with van der Waals surface area (Å²) >= 11 is 0. The van der Waals surface area contributed by atoms with Crippen molar-refractivity contribution in [2.75, 3.05) is 6.26 Å². The highest BCUT2D eigenvalue weighted by Gasteiger charge is 2.21. The fourth-order valence-electron chi connectivity index (χ4n) is 3.01. The van der Waals surface area contributed by atoms with E-state index in [0.717, 1.165) is 12.3 Å². The molecule has 3 aromatic rings. The van der Waals surface area contributed by atoms with Crippen LogP contribution < -0.4 is 11.2 Å². The van der Waals surface area contributed by atoms with Gasteiger partial charge in [-0.3, -0.25) is 9.48 Å². The molecule has 0 aliphatic rings. The average molecular weight is 412 g/mol. The molecule has 2 aromatic heterocycles. The summed E-state index contributed by atoms with van der Waals surface area (Å²) in [6, 6.07) is 3.71. The van der Waals surface area contributed by atoms with Crippen molar-refractivity contribution in [3.05, 3.63) is 50.8 Å². The Morgan fingerprint density at radius 1 is 1.21 bits per heavy atom. The fraction of sp³-hybridized carbons (Fsp3) is 0.353. The molecule has 1 N–H and O–H groups in total. The zero-order valence-electron chi connectivity index (χ0n) is 15.3. The van der Waals surface area contributed by atoms with Gasteiger partial charge in [0.05, 0.1) is 16.6 Å². The van der Waals surface area contributed by atoms with Crippen LogP contribution in [0.4, 0.5) is 8.78 Å². The number of nitrogens with one attached hydrogen (secondary N) is 1. The van der Waals surface area contributed by atoms with Gasteiger partial charge in [0.25, 0.3) is 12.0 Å². The van der Waals surface area contributed by atoms with Gasteiger partial charge in [-0.1, -0.05) is 0 Å². The number of hydrogen-bond donors (Lipinski definition) is 1. The second-order valence-corrected chi connectivity index (χ2v) is 8.87. The second-order valence-electron chi connectivity index (χ2n) is 6.76. The number of benzene rings is 1. The van der Waals surface area contributed by atoms with Crippen LogP contribution in [0.15, 0.2) is 34.0 Å². The number of fused-ring (bicyclic) bond motifs is 1. The Bertz CT molecular complexity index is 1270. The molecular weight excluding hydrogens is 394 g/mol. The summed E-state index contributed by atoms with van der Waals surface area (Å²) in [7, 11) is -3.67. The Morgan fingerprint density at radius 2 is 1.89 bits per heavy atom. The summed E-state index contributed by atoms with van der Waals surface area (Å²) in [5.41, 5.74) is -1.85. The molecule has 8 nitrogen and oxygen atoms in total. The van der Waals surface area contributed by atoms with Gasteiger partial charge in [0.15, 0.2) is 9.84 Å². The summed E-state index contributed by atoms with van der Waals surface area (Å²) in [5, 5.41) is 4.06. The minimum absolute atomic E-state index is 0.0702. The van der Waals surface area contributed by atoms with E-state index in [1.807, 2.05) is 13.8 Å². The predicted octanol–water partition coefficient (Wildman–Crippen LogP) is 2.07. The first-order valence-electron chi connectivity index (χ1n) is 8.30. The second kappa shape index (κ2) is 6.97. The molecule has 150 valence electrons. The molecule has 0 aliphatic heterocycles. The fourth-order valence-corrected chi connectivity index (χ4v) is 3.71. The van der Waals surface area contributed by atoms with Gasteiger partial charge in [0.2, 0.25) is 0 Å². The van der Waals surface area contributed by atoms with Gasteiger partial charge in [-0.15, -0.1) is 0 Å². The van der Waals surface area contributed by atoms with Crippen molar-refractivity contribution in [3.8, 4) is 11.3 Å². The van der Waals surface area contributed by atoms with Crippen LogP contribution in [0.5, 0.6) is 0 Å². The van der Waals surface area contributed by atoms with Crippen LogP contribution >= 0.6 is 0 Å². The summed E-state index contributed by atoms with van der Waals surface area (Å²) in [6.45, 7) is 3.66. The van der Waals surface area contributed by atoms with Gasteiger partial charge < -0.3 is 4.98 Å². The van der Waals surface area contributed by atoms with E-state index in [9.17, 15) is 26.8 Å².